The molecule has 11 heteroatoms. The van der Waals surface area contributed by atoms with E-state index in [1.807, 2.05) is 0 Å². The van der Waals surface area contributed by atoms with Gasteiger partial charge in [0.05, 0.1) is 16.7 Å². The minimum absolute atomic E-state index is 0.00821. The lowest BCUT2D eigenvalue weighted by Gasteiger charge is -2.13. The van der Waals surface area contributed by atoms with Crippen molar-refractivity contribution in [3.05, 3.63) is 64.2 Å². The van der Waals surface area contributed by atoms with Crippen LogP contribution in [-0.2, 0) is 27.5 Å². The van der Waals surface area contributed by atoms with Crippen LogP contribution >= 0.6 is 11.6 Å². The highest BCUT2D eigenvalue weighted by Gasteiger charge is 2.30. The molecule has 2 aromatic rings. The fourth-order valence-electron chi connectivity index (χ4n) is 3.08. The van der Waals surface area contributed by atoms with Crippen LogP contribution in [0.25, 0.3) is 0 Å². The van der Waals surface area contributed by atoms with E-state index in [0.717, 1.165) is 31.0 Å². The zero-order valence-electron chi connectivity index (χ0n) is 16.2. The molecule has 1 saturated heterocycles. The lowest BCUT2D eigenvalue weighted by atomic mass is 10.1. The summed E-state index contributed by atoms with van der Waals surface area (Å²) in [6, 6.07) is 8.31. The van der Waals surface area contributed by atoms with E-state index < -0.39 is 27.7 Å². The second kappa shape index (κ2) is 9.56. The minimum atomic E-state index is -4.49. The number of halogens is 4. The van der Waals surface area contributed by atoms with Gasteiger partial charge >= 0.3 is 6.18 Å². The monoisotopic (exact) mass is 476 g/mol. The van der Waals surface area contributed by atoms with Crippen molar-refractivity contribution in [2.45, 2.75) is 36.6 Å². The van der Waals surface area contributed by atoms with E-state index in [4.69, 9.17) is 16.3 Å². The molecule has 0 aromatic heterocycles. The fourth-order valence-corrected chi connectivity index (χ4v) is 4.67. The van der Waals surface area contributed by atoms with Crippen LogP contribution in [0.2, 0.25) is 5.02 Å². The maximum Gasteiger partial charge on any atom is 0.416 e. The Morgan fingerprint density at radius 3 is 2.65 bits per heavy atom. The largest absolute Gasteiger partial charge is 0.416 e. The van der Waals surface area contributed by atoms with Gasteiger partial charge in [-0.3, -0.25) is 4.79 Å². The molecule has 0 aliphatic carbocycles. The number of sulfonamides is 1. The molecule has 1 aliphatic heterocycles. The zero-order chi connectivity index (χ0) is 22.6. The van der Waals surface area contributed by atoms with Gasteiger partial charge in [-0.2, -0.15) is 13.2 Å². The second-order valence-corrected chi connectivity index (χ2v) is 9.16. The molecule has 1 aliphatic rings. The summed E-state index contributed by atoms with van der Waals surface area (Å²) in [6.45, 7) is 0.504. The summed E-state index contributed by atoms with van der Waals surface area (Å²) < 4.78 is 71.5. The van der Waals surface area contributed by atoms with E-state index in [1.165, 1.54) is 24.3 Å². The van der Waals surface area contributed by atoms with Gasteiger partial charge in [0.2, 0.25) is 10.0 Å². The third kappa shape index (κ3) is 6.19. The first-order valence-electron chi connectivity index (χ1n) is 9.41. The molecule has 0 spiro atoms. The van der Waals surface area contributed by atoms with Gasteiger partial charge in [0, 0.05) is 25.3 Å². The number of alkyl halides is 3. The Kier molecular flexibility index (Phi) is 7.25. The second-order valence-electron chi connectivity index (χ2n) is 7.01. The summed E-state index contributed by atoms with van der Waals surface area (Å²) in [4.78, 5) is 12.2. The molecule has 6 nitrogen and oxygen atoms in total. The molecule has 1 fully saturated rings. The topological polar surface area (TPSA) is 84.5 Å². The number of ether oxygens (including phenoxy) is 1. The number of carbonyl (C=O) groups is 1. The van der Waals surface area contributed by atoms with Crippen LogP contribution in [0.3, 0.4) is 0 Å². The molecule has 31 heavy (non-hydrogen) atoms. The number of hydrogen-bond donors (Lipinski definition) is 2. The highest BCUT2D eigenvalue weighted by Crippen LogP contribution is 2.29. The van der Waals surface area contributed by atoms with E-state index in [1.54, 1.807) is 0 Å². The Morgan fingerprint density at radius 1 is 1.19 bits per heavy atom. The maximum absolute atomic E-state index is 12.8. The standard InChI is InChI=1S/C20H20ClF3N2O4S/c21-17-7-6-14(10-18(17)31(28,29)26-12-16-5-2-8-30-16)19(27)25-11-13-3-1-4-15(9-13)20(22,23)24/h1,3-4,6-7,9-10,16,26H,2,5,8,11-12H2,(H,25,27). The van der Waals surface area contributed by atoms with Crippen LogP contribution in [-0.4, -0.2) is 33.6 Å². The molecule has 1 unspecified atom stereocenters. The number of amides is 1. The lowest BCUT2D eigenvalue weighted by Crippen LogP contribution is -2.32. The van der Waals surface area contributed by atoms with Crippen LogP contribution in [0.1, 0.15) is 34.3 Å². The average molecular weight is 477 g/mol. The molecule has 168 valence electrons. The van der Waals surface area contributed by atoms with Gasteiger partial charge in [0.1, 0.15) is 4.90 Å². The van der Waals surface area contributed by atoms with E-state index in [2.05, 4.69) is 10.0 Å². The van der Waals surface area contributed by atoms with Gasteiger partial charge in [-0.05, 0) is 48.7 Å². The molecule has 3 rings (SSSR count). The van der Waals surface area contributed by atoms with Gasteiger partial charge in [0.25, 0.3) is 5.91 Å². The molecule has 0 saturated carbocycles. The first kappa shape index (κ1) is 23.5. The summed E-state index contributed by atoms with van der Waals surface area (Å²) in [5, 5.41) is 2.42. The number of hydrogen-bond acceptors (Lipinski definition) is 4. The van der Waals surface area contributed by atoms with Gasteiger partial charge in [-0.25, -0.2) is 13.1 Å². The van der Waals surface area contributed by atoms with E-state index in [9.17, 15) is 26.4 Å². The predicted molar refractivity (Wildman–Crippen MR) is 108 cm³/mol. The van der Waals surface area contributed by atoms with Crippen molar-refractivity contribution < 1.29 is 31.1 Å². The first-order valence-corrected chi connectivity index (χ1v) is 11.3. The molecule has 0 bridgehead atoms. The fraction of sp³-hybridized carbons (Fsp3) is 0.350. The Morgan fingerprint density at radius 2 is 1.97 bits per heavy atom. The molecular weight excluding hydrogens is 457 g/mol. The normalized spacial score (nSPS) is 17.0. The van der Waals surface area contributed by atoms with Crippen LogP contribution in [0, 0.1) is 0 Å². The number of nitrogens with one attached hydrogen (secondary N) is 2. The van der Waals surface area contributed by atoms with Crippen molar-refractivity contribution >= 4 is 27.5 Å². The van der Waals surface area contributed by atoms with Gasteiger partial charge < -0.3 is 10.1 Å². The molecule has 0 radical (unpaired) electrons. The Balaban J connectivity index is 1.69. The van der Waals surface area contributed by atoms with Crippen LogP contribution in [0.5, 0.6) is 0 Å². The van der Waals surface area contributed by atoms with E-state index >= 15 is 0 Å². The van der Waals surface area contributed by atoms with Crippen LogP contribution in [0.15, 0.2) is 47.4 Å². The van der Waals surface area contributed by atoms with Crippen LogP contribution < -0.4 is 10.0 Å². The number of benzene rings is 2. The average Bonchev–Trinajstić information content (AvgIpc) is 3.24. The molecule has 1 atom stereocenters. The van der Waals surface area contributed by atoms with Gasteiger partial charge in [-0.15, -0.1) is 0 Å². The summed E-state index contributed by atoms with van der Waals surface area (Å²) >= 11 is 6.03. The predicted octanol–water partition coefficient (Wildman–Crippen LogP) is 3.75. The summed E-state index contributed by atoms with van der Waals surface area (Å²) in [5.74, 6) is -0.648. The van der Waals surface area contributed by atoms with Crippen molar-refractivity contribution in [1.29, 1.82) is 0 Å². The van der Waals surface area contributed by atoms with Crippen molar-refractivity contribution in [2.75, 3.05) is 13.2 Å². The quantitative estimate of drug-likeness (QED) is 0.637. The SMILES string of the molecule is O=C(NCc1cccc(C(F)(F)F)c1)c1ccc(Cl)c(S(=O)(=O)NCC2CCCO2)c1. The smallest absolute Gasteiger partial charge is 0.377 e. The van der Waals surface area contributed by atoms with E-state index in [-0.39, 0.29) is 40.2 Å². The van der Waals surface area contributed by atoms with Crippen molar-refractivity contribution in [1.82, 2.24) is 10.0 Å². The maximum atomic E-state index is 12.8. The van der Waals surface area contributed by atoms with E-state index in [0.29, 0.717) is 6.61 Å². The molecule has 1 amide bonds. The Bertz CT molecular complexity index is 1050. The number of carbonyl (C=O) groups excluding carboxylic acids is 1. The number of rotatable bonds is 7. The summed E-state index contributed by atoms with van der Waals surface area (Å²) in [6.07, 6.45) is -3.11. The Labute approximate surface area is 182 Å². The Hall–Kier alpha value is -2.14. The highest BCUT2D eigenvalue weighted by molar-refractivity contribution is 7.89. The van der Waals surface area contributed by atoms with Crippen molar-refractivity contribution in [2.24, 2.45) is 0 Å². The van der Waals surface area contributed by atoms with Crippen molar-refractivity contribution in [3.8, 4) is 0 Å². The highest BCUT2D eigenvalue weighted by atomic mass is 35.5. The van der Waals surface area contributed by atoms with Crippen LogP contribution in [0.4, 0.5) is 13.2 Å². The van der Waals surface area contributed by atoms with Gasteiger partial charge in [0.15, 0.2) is 0 Å². The van der Waals surface area contributed by atoms with Crippen molar-refractivity contribution in [3.63, 3.8) is 0 Å². The molecule has 1 heterocycles. The molecular formula is C20H20ClF3N2O4S. The third-order valence-electron chi connectivity index (χ3n) is 4.72. The zero-order valence-corrected chi connectivity index (χ0v) is 17.8. The minimum Gasteiger partial charge on any atom is -0.377 e. The summed E-state index contributed by atoms with van der Waals surface area (Å²) in [5.41, 5.74) is -0.562. The molecule has 2 N–H and O–H groups in total. The first-order chi connectivity index (χ1) is 14.6. The van der Waals surface area contributed by atoms with Gasteiger partial charge in [-0.1, -0.05) is 23.7 Å². The molecule has 2 aromatic carbocycles. The lowest BCUT2D eigenvalue weighted by molar-refractivity contribution is -0.137. The summed E-state index contributed by atoms with van der Waals surface area (Å²) in [7, 11) is -3.99. The third-order valence-corrected chi connectivity index (χ3v) is 6.62.